The van der Waals surface area contributed by atoms with Crippen molar-refractivity contribution in [2.75, 3.05) is 30.5 Å². The average Bonchev–Trinajstić information content (AvgIpc) is 3.40. The average molecular weight is 603 g/mol. The van der Waals surface area contributed by atoms with Crippen molar-refractivity contribution in [3.63, 3.8) is 0 Å². The molecule has 43 heavy (non-hydrogen) atoms. The number of rotatable bonds is 16. The molecule has 0 bridgehead atoms. The number of benzene rings is 3. The summed E-state index contributed by atoms with van der Waals surface area (Å²) in [5.41, 5.74) is 3.31. The minimum absolute atomic E-state index is 0.0370. The van der Waals surface area contributed by atoms with Crippen molar-refractivity contribution >= 4 is 32.5 Å². The van der Waals surface area contributed by atoms with Crippen molar-refractivity contribution in [3.8, 4) is 0 Å². The van der Waals surface area contributed by atoms with Crippen LogP contribution in [0.5, 0.6) is 0 Å². The first-order chi connectivity index (χ1) is 20.7. The number of unbranched alkanes of at least 4 members (excludes halogenated alkanes) is 2. The standard InChI is InChI=1S/C36H46N2O4S/c1-6-8-23-37(24-9-7-2)25-12-26-38(43(40,41)31-21-15-28(5)16-22-31)30-19-17-29(18-20-30)35(39)34-32-13-10-11-14-33(32)42-36(34)27(3)4/h10-11,13-22,27H,6-9,12,23-26H2,1-5H3. The lowest BCUT2D eigenvalue weighted by atomic mass is 9.96. The molecule has 0 fully saturated rings. The lowest BCUT2D eigenvalue weighted by Crippen LogP contribution is -2.35. The maximum absolute atomic E-state index is 14.0. The minimum Gasteiger partial charge on any atom is -0.460 e. The summed E-state index contributed by atoms with van der Waals surface area (Å²) in [5, 5.41) is 0.791. The monoisotopic (exact) mass is 602 g/mol. The van der Waals surface area contributed by atoms with E-state index in [9.17, 15) is 13.2 Å². The van der Waals surface area contributed by atoms with Gasteiger partial charge in [-0.25, -0.2) is 8.42 Å². The van der Waals surface area contributed by atoms with E-state index >= 15 is 0 Å². The van der Waals surface area contributed by atoms with Gasteiger partial charge in [-0.2, -0.15) is 0 Å². The van der Waals surface area contributed by atoms with Crippen molar-refractivity contribution < 1.29 is 17.6 Å². The van der Waals surface area contributed by atoms with Crippen LogP contribution >= 0.6 is 0 Å². The Hall–Kier alpha value is -3.42. The summed E-state index contributed by atoms with van der Waals surface area (Å²) in [6.45, 7) is 13.6. The van der Waals surface area contributed by atoms with Crippen LogP contribution in [0.1, 0.15) is 93.0 Å². The molecule has 0 saturated heterocycles. The topological polar surface area (TPSA) is 70.8 Å². The van der Waals surface area contributed by atoms with E-state index < -0.39 is 10.0 Å². The Kier molecular flexibility index (Phi) is 11.2. The third kappa shape index (κ3) is 7.76. The molecule has 0 N–H and O–H groups in total. The number of fused-ring (bicyclic) bond motifs is 1. The van der Waals surface area contributed by atoms with Crippen LogP contribution in [0.2, 0.25) is 0 Å². The van der Waals surface area contributed by atoms with E-state index in [1.165, 1.54) is 4.31 Å². The lowest BCUT2D eigenvalue weighted by molar-refractivity contribution is 0.103. The first kappa shape index (κ1) is 32.5. The number of sulfonamides is 1. The third-order valence-corrected chi connectivity index (χ3v) is 9.73. The van der Waals surface area contributed by atoms with Gasteiger partial charge in [-0.3, -0.25) is 9.10 Å². The van der Waals surface area contributed by atoms with Crippen LogP contribution in [0, 0.1) is 6.92 Å². The highest BCUT2D eigenvalue weighted by Gasteiger charge is 2.27. The van der Waals surface area contributed by atoms with E-state index in [4.69, 9.17) is 4.42 Å². The van der Waals surface area contributed by atoms with Gasteiger partial charge in [0.2, 0.25) is 0 Å². The fourth-order valence-corrected chi connectivity index (χ4v) is 6.89. The second-order valence-corrected chi connectivity index (χ2v) is 13.5. The highest BCUT2D eigenvalue weighted by molar-refractivity contribution is 7.92. The number of hydrogen-bond donors (Lipinski definition) is 0. The van der Waals surface area contributed by atoms with Gasteiger partial charge in [-0.05, 0) is 88.3 Å². The predicted octanol–water partition coefficient (Wildman–Crippen LogP) is 8.58. The summed E-state index contributed by atoms with van der Waals surface area (Å²) >= 11 is 0. The van der Waals surface area contributed by atoms with E-state index in [-0.39, 0.29) is 16.6 Å². The zero-order valence-corrected chi connectivity index (χ0v) is 27.1. The molecule has 0 aliphatic rings. The highest BCUT2D eigenvalue weighted by Crippen LogP contribution is 2.33. The zero-order chi connectivity index (χ0) is 31.0. The molecule has 4 rings (SSSR count). The van der Waals surface area contributed by atoms with Gasteiger partial charge in [0.25, 0.3) is 10.0 Å². The Morgan fingerprint density at radius 1 is 0.791 bits per heavy atom. The van der Waals surface area contributed by atoms with Crippen LogP contribution in [-0.4, -0.2) is 45.3 Å². The van der Waals surface area contributed by atoms with Gasteiger partial charge in [-0.1, -0.05) is 76.4 Å². The molecule has 4 aromatic rings. The van der Waals surface area contributed by atoms with E-state index in [1.807, 2.05) is 57.2 Å². The second kappa shape index (κ2) is 14.8. The lowest BCUT2D eigenvalue weighted by Gasteiger charge is -2.27. The maximum atomic E-state index is 14.0. The Labute approximate surface area is 257 Å². The van der Waals surface area contributed by atoms with Crippen LogP contribution in [0.3, 0.4) is 0 Å². The summed E-state index contributed by atoms with van der Waals surface area (Å²) in [5.74, 6) is 0.570. The molecule has 230 valence electrons. The first-order valence-corrected chi connectivity index (χ1v) is 17.1. The number of aryl methyl sites for hydroxylation is 1. The number of carbonyl (C=O) groups excluding carboxylic acids is 1. The molecule has 1 heterocycles. The van der Waals surface area contributed by atoms with Crippen LogP contribution in [-0.2, 0) is 10.0 Å². The van der Waals surface area contributed by atoms with E-state index in [1.54, 1.807) is 36.4 Å². The molecule has 0 saturated carbocycles. The molecular formula is C36H46N2O4S. The summed E-state index contributed by atoms with van der Waals surface area (Å²) in [7, 11) is -3.81. The molecule has 0 spiro atoms. The van der Waals surface area contributed by atoms with Crippen LogP contribution in [0.4, 0.5) is 5.69 Å². The molecule has 6 nitrogen and oxygen atoms in total. The molecule has 0 aliphatic carbocycles. The minimum atomic E-state index is -3.81. The molecule has 7 heteroatoms. The third-order valence-electron chi connectivity index (χ3n) is 7.89. The fourth-order valence-electron chi connectivity index (χ4n) is 5.39. The normalized spacial score (nSPS) is 12.0. The predicted molar refractivity (Wildman–Crippen MR) is 177 cm³/mol. The smallest absolute Gasteiger partial charge is 0.264 e. The SMILES string of the molecule is CCCCN(CCCC)CCCN(c1ccc(C(=O)c2c(C(C)C)oc3ccccc23)cc1)S(=O)(=O)c1ccc(C)cc1. The first-order valence-electron chi connectivity index (χ1n) is 15.6. The van der Waals surface area contributed by atoms with E-state index in [0.29, 0.717) is 41.1 Å². The molecular weight excluding hydrogens is 556 g/mol. The Morgan fingerprint density at radius 2 is 1.40 bits per heavy atom. The van der Waals surface area contributed by atoms with Crippen molar-refractivity contribution in [1.82, 2.24) is 4.90 Å². The van der Waals surface area contributed by atoms with Crippen LogP contribution in [0.25, 0.3) is 11.0 Å². The van der Waals surface area contributed by atoms with Gasteiger partial charge in [0, 0.05) is 23.4 Å². The Balaban J connectivity index is 1.63. The van der Waals surface area contributed by atoms with Crippen molar-refractivity contribution in [1.29, 1.82) is 0 Å². The second-order valence-electron chi connectivity index (χ2n) is 11.7. The summed E-state index contributed by atoms with van der Waals surface area (Å²) in [4.78, 5) is 16.5. The van der Waals surface area contributed by atoms with Gasteiger partial charge in [0.05, 0.1) is 16.1 Å². The van der Waals surface area contributed by atoms with Gasteiger partial charge in [0.15, 0.2) is 5.78 Å². The molecule has 3 aromatic carbocycles. The van der Waals surface area contributed by atoms with Crippen molar-refractivity contribution in [2.24, 2.45) is 0 Å². The zero-order valence-electron chi connectivity index (χ0n) is 26.3. The summed E-state index contributed by atoms with van der Waals surface area (Å²) in [6, 6.07) is 21.5. The number of carbonyl (C=O) groups is 1. The van der Waals surface area contributed by atoms with Gasteiger partial charge < -0.3 is 9.32 Å². The number of para-hydroxylation sites is 1. The van der Waals surface area contributed by atoms with E-state index in [2.05, 4.69) is 18.7 Å². The molecule has 0 atom stereocenters. The largest absolute Gasteiger partial charge is 0.460 e. The van der Waals surface area contributed by atoms with Crippen molar-refractivity contribution in [3.05, 3.63) is 95.2 Å². The number of ketones is 1. The molecule has 0 aliphatic heterocycles. The molecule has 1 aromatic heterocycles. The molecule has 0 amide bonds. The number of furan rings is 1. The van der Waals surface area contributed by atoms with Gasteiger partial charge in [-0.15, -0.1) is 0 Å². The number of hydrogen-bond acceptors (Lipinski definition) is 5. The Morgan fingerprint density at radius 3 is 2.00 bits per heavy atom. The highest BCUT2D eigenvalue weighted by atomic mass is 32.2. The van der Waals surface area contributed by atoms with Gasteiger partial charge >= 0.3 is 0 Å². The summed E-state index contributed by atoms with van der Waals surface area (Å²) < 4.78 is 35.5. The molecule has 0 radical (unpaired) electrons. The van der Waals surface area contributed by atoms with E-state index in [0.717, 1.165) is 56.3 Å². The number of nitrogens with zero attached hydrogens (tertiary/aromatic N) is 2. The quantitative estimate of drug-likeness (QED) is 0.120. The maximum Gasteiger partial charge on any atom is 0.264 e. The fraction of sp³-hybridized carbons (Fsp3) is 0.417. The number of anilines is 1. The van der Waals surface area contributed by atoms with Crippen LogP contribution in [0.15, 0.2) is 82.1 Å². The molecule has 0 unspecified atom stereocenters. The summed E-state index contributed by atoms with van der Waals surface area (Å²) in [6.07, 6.45) is 5.24. The van der Waals surface area contributed by atoms with Crippen molar-refractivity contribution in [2.45, 2.75) is 77.5 Å². The Bertz CT molecular complexity index is 1580. The van der Waals surface area contributed by atoms with Crippen LogP contribution < -0.4 is 4.31 Å². The van der Waals surface area contributed by atoms with Gasteiger partial charge in [0.1, 0.15) is 11.3 Å².